The highest BCUT2D eigenvalue weighted by Crippen LogP contribution is 2.49. The summed E-state index contributed by atoms with van der Waals surface area (Å²) in [6.07, 6.45) is 0.646. The molecule has 0 radical (unpaired) electrons. The van der Waals surface area contributed by atoms with Crippen molar-refractivity contribution in [2.24, 2.45) is 0 Å². The molecule has 2 bridgehead atoms. The fraction of sp³-hybridized carbons (Fsp3) is 0.350. The Morgan fingerprint density at radius 2 is 2.04 bits per heavy atom. The van der Waals surface area contributed by atoms with Crippen LogP contribution < -0.4 is 24.4 Å². The molecule has 1 N–H and O–H groups in total. The minimum absolute atomic E-state index is 0.105. The highest BCUT2D eigenvalue weighted by atomic mass is 16.5. The van der Waals surface area contributed by atoms with Gasteiger partial charge in [-0.3, -0.25) is 4.90 Å². The van der Waals surface area contributed by atoms with Gasteiger partial charge in [-0.1, -0.05) is 12.1 Å². The summed E-state index contributed by atoms with van der Waals surface area (Å²) in [5.74, 6) is 2.14. The van der Waals surface area contributed by atoms with E-state index in [9.17, 15) is 4.79 Å². The zero-order chi connectivity index (χ0) is 18.3. The van der Waals surface area contributed by atoms with E-state index in [4.69, 9.17) is 14.2 Å². The van der Waals surface area contributed by atoms with E-state index in [1.165, 1.54) is 0 Å². The molecule has 2 aliphatic heterocycles. The highest BCUT2D eigenvalue weighted by Gasteiger charge is 2.50. The van der Waals surface area contributed by atoms with E-state index in [2.05, 4.69) is 5.32 Å². The molecule has 6 heteroatoms. The molecule has 6 nitrogen and oxygen atoms in total. The Bertz CT molecular complexity index is 836. The first-order valence-electron chi connectivity index (χ1n) is 8.75. The average Bonchev–Trinajstić information content (AvgIpc) is 2.62. The van der Waals surface area contributed by atoms with Gasteiger partial charge in [0.1, 0.15) is 5.75 Å². The molecule has 2 atom stereocenters. The number of carbonyl (C=O) groups excluding carboxylic acids is 1. The van der Waals surface area contributed by atoms with Crippen LogP contribution in [0, 0.1) is 0 Å². The van der Waals surface area contributed by atoms with Gasteiger partial charge >= 0.3 is 6.03 Å². The number of methoxy groups -OCH3 is 1. The number of ether oxygens (including phenoxy) is 3. The van der Waals surface area contributed by atoms with Crippen LogP contribution in [0.25, 0.3) is 0 Å². The van der Waals surface area contributed by atoms with Crippen LogP contribution in [-0.2, 0) is 0 Å². The van der Waals surface area contributed by atoms with Crippen molar-refractivity contribution in [3.05, 3.63) is 48.0 Å². The molecule has 0 saturated carbocycles. The van der Waals surface area contributed by atoms with Gasteiger partial charge in [0.05, 0.1) is 19.8 Å². The van der Waals surface area contributed by atoms with E-state index in [0.29, 0.717) is 24.5 Å². The van der Waals surface area contributed by atoms with Gasteiger partial charge in [0, 0.05) is 17.7 Å². The van der Waals surface area contributed by atoms with Crippen LogP contribution in [0.3, 0.4) is 0 Å². The number of nitrogens with one attached hydrogen (secondary N) is 1. The molecule has 2 aromatic carbocycles. The van der Waals surface area contributed by atoms with Crippen molar-refractivity contribution in [1.82, 2.24) is 5.32 Å². The molecule has 0 spiro atoms. The second-order valence-corrected chi connectivity index (χ2v) is 6.62. The third-order valence-electron chi connectivity index (χ3n) is 4.89. The lowest BCUT2D eigenvalue weighted by molar-refractivity contribution is 0.0343. The number of fused-ring (bicyclic) bond motifs is 4. The minimum atomic E-state index is -0.804. The van der Waals surface area contributed by atoms with Crippen molar-refractivity contribution in [2.75, 3.05) is 18.6 Å². The fourth-order valence-corrected chi connectivity index (χ4v) is 3.75. The predicted octanol–water partition coefficient (Wildman–Crippen LogP) is 3.86. The average molecular weight is 354 g/mol. The number of amides is 2. The van der Waals surface area contributed by atoms with Crippen molar-refractivity contribution in [2.45, 2.75) is 32.0 Å². The van der Waals surface area contributed by atoms with Crippen molar-refractivity contribution in [1.29, 1.82) is 0 Å². The van der Waals surface area contributed by atoms with E-state index in [1.807, 2.05) is 56.3 Å². The molecule has 4 rings (SSSR count). The van der Waals surface area contributed by atoms with Crippen LogP contribution in [0.4, 0.5) is 10.5 Å². The van der Waals surface area contributed by atoms with Crippen molar-refractivity contribution in [3.8, 4) is 17.2 Å². The summed E-state index contributed by atoms with van der Waals surface area (Å²) in [5, 5.41) is 3.10. The van der Waals surface area contributed by atoms with E-state index in [-0.39, 0.29) is 12.1 Å². The first kappa shape index (κ1) is 16.6. The highest BCUT2D eigenvalue weighted by molar-refractivity contribution is 5.95. The molecule has 0 unspecified atom stereocenters. The molecular formula is C20H22N2O4. The normalized spacial score (nSPS) is 23.6. The Kier molecular flexibility index (Phi) is 3.90. The SMILES string of the molecule is CCOc1cccc2c1O[C@@]1(C)C[C@H]2NC(=O)N1c1ccc(OC)cc1. The molecule has 1 saturated heterocycles. The third-order valence-corrected chi connectivity index (χ3v) is 4.89. The Labute approximate surface area is 152 Å². The van der Waals surface area contributed by atoms with Crippen molar-refractivity contribution >= 4 is 11.7 Å². The van der Waals surface area contributed by atoms with Crippen molar-refractivity contribution < 1.29 is 19.0 Å². The van der Waals surface area contributed by atoms with E-state index >= 15 is 0 Å². The summed E-state index contributed by atoms with van der Waals surface area (Å²) in [6.45, 7) is 4.43. The standard InChI is InChI=1S/C20H22N2O4/c1-4-25-17-7-5-6-15-16-12-20(2,26-18(15)17)22(19(23)21-16)13-8-10-14(24-3)11-9-13/h5-11,16H,4,12H2,1-3H3,(H,21,23)/t16-,20+/m1/s1. The van der Waals surface area contributed by atoms with Crippen LogP contribution in [0.2, 0.25) is 0 Å². The molecule has 1 fully saturated rings. The number of benzene rings is 2. The summed E-state index contributed by atoms with van der Waals surface area (Å²) in [7, 11) is 1.62. The molecule has 0 aromatic heterocycles. The van der Waals surface area contributed by atoms with Gasteiger partial charge in [-0.25, -0.2) is 4.79 Å². The molecule has 0 aliphatic carbocycles. The van der Waals surface area contributed by atoms with Crippen molar-refractivity contribution in [3.63, 3.8) is 0 Å². The summed E-state index contributed by atoms with van der Waals surface area (Å²) in [4.78, 5) is 14.5. The number of hydrogen-bond acceptors (Lipinski definition) is 4. The summed E-state index contributed by atoms with van der Waals surface area (Å²) in [6, 6.07) is 12.9. The van der Waals surface area contributed by atoms with E-state index in [0.717, 1.165) is 17.0 Å². The second-order valence-electron chi connectivity index (χ2n) is 6.62. The number of carbonyl (C=O) groups is 1. The number of para-hydroxylation sites is 1. The van der Waals surface area contributed by atoms with Gasteiger partial charge in [-0.2, -0.15) is 0 Å². The summed E-state index contributed by atoms with van der Waals surface area (Å²) >= 11 is 0. The maximum Gasteiger partial charge on any atom is 0.325 e. The fourth-order valence-electron chi connectivity index (χ4n) is 3.75. The number of hydrogen-bond donors (Lipinski definition) is 1. The van der Waals surface area contributed by atoms with Crippen LogP contribution >= 0.6 is 0 Å². The predicted molar refractivity (Wildman–Crippen MR) is 98.0 cm³/mol. The van der Waals surface area contributed by atoms with Crippen LogP contribution in [-0.4, -0.2) is 25.5 Å². The maximum atomic E-state index is 12.9. The van der Waals surface area contributed by atoms with Gasteiger partial charge < -0.3 is 19.5 Å². The zero-order valence-electron chi connectivity index (χ0n) is 15.1. The Morgan fingerprint density at radius 1 is 1.27 bits per heavy atom. The topological polar surface area (TPSA) is 60.0 Å². The maximum absolute atomic E-state index is 12.9. The number of urea groups is 1. The molecule has 2 amide bonds. The minimum Gasteiger partial charge on any atom is -0.497 e. The Hall–Kier alpha value is -2.89. The van der Waals surface area contributed by atoms with Gasteiger partial charge in [0.15, 0.2) is 17.2 Å². The lowest BCUT2D eigenvalue weighted by Crippen LogP contribution is -2.65. The smallest absolute Gasteiger partial charge is 0.325 e. The number of rotatable bonds is 4. The van der Waals surface area contributed by atoms with Crippen LogP contribution in [0.5, 0.6) is 17.2 Å². The lowest BCUT2D eigenvalue weighted by atomic mass is 9.90. The quantitative estimate of drug-likeness (QED) is 0.906. The van der Waals surface area contributed by atoms with Crippen LogP contribution in [0.1, 0.15) is 31.9 Å². The number of nitrogens with zero attached hydrogens (tertiary/aromatic N) is 1. The van der Waals surface area contributed by atoms with Gasteiger partial charge in [0.25, 0.3) is 0 Å². The Balaban J connectivity index is 1.76. The van der Waals surface area contributed by atoms with Gasteiger partial charge in [-0.05, 0) is 44.2 Å². The monoisotopic (exact) mass is 354 g/mol. The Morgan fingerprint density at radius 3 is 2.73 bits per heavy atom. The van der Waals surface area contributed by atoms with E-state index < -0.39 is 5.72 Å². The largest absolute Gasteiger partial charge is 0.497 e. The third kappa shape index (κ3) is 2.53. The molecule has 26 heavy (non-hydrogen) atoms. The molecule has 2 aliphatic rings. The molecule has 2 heterocycles. The number of anilines is 1. The lowest BCUT2D eigenvalue weighted by Gasteiger charge is -2.50. The first-order chi connectivity index (χ1) is 12.6. The summed E-state index contributed by atoms with van der Waals surface area (Å²) in [5.41, 5.74) is 0.902. The zero-order valence-corrected chi connectivity index (χ0v) is 15.1. The first-order valence-corrected chi connectivity index (χ1v) is 8.75. The van der Waals surface area contributed by atoms with Gasteiger partial charge in [-0.15, -0.1) is 0 Å². The molecule has 136 valence electrons. The molecule has 2 aromatic rings. The van der Waals surface area contributed by atoms with Crippen LogP contribution in [0.15, 0.2) is 42.5 Å². The van der Waals surface area contributed by atoms with Gasteiger partial charge in [0.2, 0.25) is 0 Å². The van der Waals surface area contributed by atoms with E-state index in [1.54, 1.807) is 12.0 Å². The second kappa shape index (κ2) is 6.12. The molecular weight excluding hydrogens is 332 g/mol. The summed E-state index contributed by atoms with van der Waals surface area (Å²) < 4.78 is 17.3.